The van der Waals surface area contributed by atoms with Crippen LogP contribution < -0.4 is 11.3 Å². The van der Waals surface area contributed by atoms with Crippen molar-refractivity contribution in [2.45, 2.75) is 13.2 Å². The number of halogens is 2. The second kappa shape index (κ2) is 14.9. The van der Waals surface area contributed by atoms with Crippen molar-refractivity contribution in [1.82, 2.24) is 19.5 Å². The first kappa shape index (κ1) is 30.4. The molecular formula is C26H26Cl2N5O7P. The number of imidazole rings is 1. The van der Waals surface area contributed by atoms with Crippen LogP contribution >= 0.6 is 31.6 Å². The van der Waals surface area contributed by atoms with Gasteiger partial charge in [0.25, 0.3) is 12.0 Å². The normalized spacial score (nSPS) is 12.7. The number of carbonyl (C=O) groups is 1. The van der Waals surface area contributed by atoms with Gasteiger partial charge in [0.2, 0.25) is 5.95 Å². The molecule has 0 fully saturated rings. The van der Waals surface area contributed by atoms with Gasteiger partial charge in [0.05, 0.1) is 26.7 Å². The summed E-state index contributed by atoms with van der Waals surface area (Å²) in [7, 11) is -0.174. The maximum atomic E-state index is 12.0. The number of hydrogen-bond acceptors (Lipinski definition) is 10. The van der Waals surface area contributed by atoms with Crippen LogP contribution in [0.4, 0.5) is 5.95 Å². The predicted octanol–water partition coefficient (Wildman–Crippen LogP) is 4.72. The highest BCUT2D eigenvalue weighted by molar-refractivity contribution is 7.47. The molecule has 15 heteroatoms. The fraction of sp³-hybridized carbons (Fsp3) is 0.231. The highest BCUT2D eigenvalue weighted by Gasteiger charge is 2.18. The van der Waals surface area contributed by atoms with Gasteiger partial charge in [0.1, 0.15) is 13.0 Å². The number of carbonyl (C=O) groups excluding carboxylic acids is 1. The Labute approximate surface area is 245 Å². The third-order valence-electron chi connectivity index (χ3n) is 5.54. The molecular weight excluding hydrogens is 596 g/mol. The number of fused-ring (bicyclic) bond motifs is 1. The van der Waals surface area contributed by atoms with Gasteiger partial charge in [-0.3, -0.25) is 14.6 Å². The summed E-state index contributed by atoms with van der Waals surface area (Å²) in [6, 6.07) is 14.0. The van der Waals surface area contributed by atoms with Gasteiger partial charge in [-0.25, -0.2) is 4.98 Å². The second-order valence-corrected chi connectivity index (χ2v) is 10.6. The minimum atomic E-state index is -1.61. The van der Waals surface area contributed by atoms with E-state index in [0.29, 0.717) is 34.3 Å². The van der Waals surface area contributed by atoms with Crippen LogP contribution in [0.5, 0.6) is 0 Å². The molecule has 0 radical (unpaired) electrons. The molecule has 2 aromatic carbocycles. The lowest BCUT2D eigenvalue weighted by atomic mass is 10.1. The smallest absolute Gasteiger partial charge is 0.298 e. The van der Waals surface area contributed by atoms with Crippen molar-refractivity contribution < 1.29 is 28.1 Å². The van der Waals surface area contributed by atoms with Gasteiger partial charge < -0.3 is 33.6 Å². The summed E-state index contributed by atoms with van der Waals surface area (Å²) in [6.07, 6.45) is 1.59. The number of nitrogens with zero attached hydrogens (tertiary/aromatic N) is 3. The quantitative estimate of drug-likeness (QED) is 0.0825. The zero-order valence-corrected chi connectivity index (χ0v) is 24.2. The maximum absolute atomic E-state index is 12.0. The molecule has 0 aliphatic heterocycles. The van der Waals surface area contributed by atoms with Crippen molar-refractivity contribution in [1.29, 1.82) is 0 Å². The van der Waals surface area contributed by atoms with Crippen LogP contribution in [0.3, 0.4) is 0 Å². The van der Waals surface area contributed by atoms with Crippen LogP contribution in [0.2, 0.25) is 10.0 Å². The van der Waals surface area contributed by atoms with Gasteiger partial charge in [-0.05, 0) is 42.0 Å². The summed E-state index contributed by atoms with van der Waals surface area (Å²) < 4.78 is 30.3. The molecule has 0 aliphatic rings. The fourth-order valence-corrected chi connectivity index (χ4v) is 5.01. The van der Waals surface area contributed by atoms with Crippen molar-refractivity contribution in [3.63, 3.8) is 0 Å². The largest absolute Gasteiger partial charge is 0.495 e. The lowest BCUT2D eigenvalue weighted by Gasteiger charge is -2.20. The number of nitrogens with two attached hydrogens (primary N) is 1. The number of aromatic amines is 1. The van der Waals surface area contributed by atoms with Crippen LogP contribution in [0.25, 0.3) is 16.9 Å². The average Bonchev–Trinajstić information content (AvgIpc) is 3.36. The van der Waals surface area contributed by atoms with Gasteiger partial charge >= 0.3 is 0 Å². The van der Waals surface area contributed by atoms with Crippen LogP contribution in [0, 0.1) is 0 Å². The van der Waals surface area contributed by atoms with E-state index in [1.807, 2.05) is 12.1 Å². The minimum absolute atomic E-state index is 0.00460. The van der Waals surface area contributed by atoms with E-state index in [-0.39, 0.29) is 49.2 Å². The van der Waals surface area contributed by atoms with Crippen molar-refractivity contribution in [3.8, 4) is 0 Å². The Kier molecular flexibility index (Phi) is 11.1. The molecule has 0 spiro atoms. The summed E-state index contributed by atoms with van der Waals surface area (Å²) in [4.78, 5) is 33.9. The number of H-pyrrole nitrogens is 1. The summed E-state index contributed by atoms with van der Waals surface area (Å²) in [5, 5.41) is 1.11. The monoisotopic (exact) mass is 621 g/mol. The first-order valence-corrected chi connectivity index (χ1v) is 14.2. The van der Waals surface area contributed by atoms with Crippen LogP contribution in [0.1, 0.15) is 11.1 Å². The Morgan fingerprint density at radius 2 is 1.95 bits per heavy atom. The van der Waals surface area contributed by atoms with Crippen LogP contribution in [-0.2, 0) is 41.2 Å². The number of aromatic nitrogens is 4. The van der Waals surface area contributed by atoms with E-state index in [2.05, 4.69) is 15.0 Å². The van der Waals surface area contributed by atoms with Gasteiger partial charge in [-0.2, -0.15) is 4.98 Å². The minimum Gasteiger partial charge on any atom is -0.495 e. The molecule has 0 aliphatic carbocycles. The van der Waals surface area contributed by atoms with Crippen molar-refractivity contribution in [3.05, 3.63) is 92.1 Å². The first-order chi connectivity index (χ1) is 19.9. The van der Waals surface area contributed by atoms with Gasteiger partial charge in [0.15, 0.2) is 31.1 Å². The predicted molar refractivity (Wildman–Crippen MR) is 155 cm³/mol. The highest BCUT2D eigenvalue weighted by Crippen LogP contribution is 2.40. The molecule has 0 amide bonds. The molecule has 1 unspecified atom stereocenters. The SMILES string of the molecule is CO/C(COP(COCCn1cnc2c(=O)[nH]c(N)nc21)OCc1cccc(Cl)c1)=C(\OC=O)c1ccc(Cl)cc1. The molecule has 0 saturated heterocycles. The zero-order valence-electron chi connectivity index (χ0n) is 21.8. The Balaban J connectivity index is 1.44. The molecule has 0 bridgehead atoms. The average molecular weight is 622 g/mol. The van der Waals surface area contributed by atoms with Crippen LogP contribution in [-0.4, -0.2) is 52.7 Å². The standard InChI is InChI=1S/C26H26Cl2N5O7P/c1-36-21(23(38-15-34)18-5-7-19(27)8-6-18)13-40-41(39-12-17-3-2-4-20(28)11-17)16-37-10-9-33-14-30-22-24(33)31-26(29)32-25(22)35/h2-8,11,14-15H,9-10,12-13,16H2,1H3,(H3,29,31,32,35)/b23-21-. The zero-order chi connectivity index (χ0) is 29.2. The Bertz CT molecular complexity index is 1560. The van der Waals surface area contributed by atoms with E-state index in [4.69, 9.17) is 52.2 Å². The van der Waals surface area contributed by atoms with Gasteiger partial charge in [0, 0.05) is 22.2 Å². The van der Waals surface area contributed by atoms with E-state index in [9.17, 15) is 9.59 Å². The molecule has 2 aromatic heterocycles. The Morgan fingerprint density at radius 3 is 2.68 bits per heavy atom. The van der Waals surface area contributed by atoms with E-state index >= 15 is 0 Å². The molecule has 3 N–H and O–H groups in total. The molecule has 4 aromatic rings. The number of ether oxygens (including phenoxy) is 3. The van der Waals surface area contributed by atoms with Crippen molar-refractivity contribution in [2.24, 2.45) is 0 Å². The van der Waals surface area contributed by atoms with E-state index < -0.39 is 13.9 Å². The molecule has 216 valence electrons. The van der Waals surface area contributed by atoms with E-state index in [1.165, 1.54) is 13.4 Å². The topological polar surface area (TPSA) is 153 Å². The molecule has 1 atom stereocenters. The molecule has 41 heavy (non-hydrogen) atoms. The van der Waals surface area contributed by atoms with E-state index in [1.54, 1.807) is 41.0 Å². The number of methoxy groups -OCH3 is 1. The number of anilines is 1. The first-order valence-electron chi connectivity index (χ1n) is 12.1. The molecule has 12 nitrogen and oxygen atoms in total. The maximum Gasteiger partial charge on any atom is 0.298 e. The van der Waals surface area contributed by atoms with Gasteiger partial charge in [-0.15, -0.1) is 0 Å². The summed E-state index contributed by atoms with van der Waals surface area (Å²) in [5.74, 6) is 0.436. The number of benzene rings is 2. The third-order valence-corrected chi connectivity index (χ3v) is 7.26. The number of nitrogen functional groups attached to an aromatic ring is 1. The van der Waals surface area contributed by atoms with E-state index in [0.717, 1.165) is 5.56 Å². The second-order valence-electron chi connectivity index (χ2n) is 8.29. The van der Waals surface area contributed by atoms with Gasteiger partial charge in [-0.1, -0.05) is 35.3 Å². The molecule has 4 rings (SSSR count). The highest BCUT2D eigenvalue weighted by atomic mass is 35.5. The summed E-state index contributed by atoms with van der Waals surface area (Å²) in [5.41, 5.74) is 7.20. The third kappa shape index (κ3) is 8.49. The number of hydrogen-bond donors (Lipinski definition) is 2. The summed E-state index contributed by atoms with van der Waals surface area (Å²) >= 11 is 12.1. The fourth-order valence-electron chi connectivity index (χ4n) is 3.61. The lowest BCUT2D eigenvalue weighted by Crippen LogP contribution is -2.13. The molecule has 2 heterocycles. The Hall–Kier alpha value is -3.51. The van der Waals surface area contributed by atoms with Crippen molar-refractivity contribution in [2.75, 3.05) is 32.4 Å². The Morgan fingerprint density at radius 1 is 1.15 bits per heavy atom. The van der Waals surface area contributed by atoms with Crippen LogP contribution in [0.15, 0.2) is 65.4 Å². The summed E-state index contributed by atoms with van der Waals surface area (Å²) in [6.45, 7) is 1.03. The van der Waals surface area contributed by atoms with Crippen molar-refractivity contribution >= 4 is 60.9 Å². The number of rotatable bonds is 15. The molecule has 0 saturated carbocycles. The lowest BCUT2D eigenvalue weighted by molar-refractivity contribution is -0.122. The number of nitrogens with one attached hydrogen (secondary N) is 1.